The Bertz CT molecular complexity index is 820. The quantitative estimate of drug-likeness (QED) is 0.646. The van der Waals surface area contributed by atoms with Gasteiger partial charge in [0, 0.05) is 30.9 Å². The van der Waals surface area contributed by atoms with Gasteiger partial charge in [-0.3, -0.25) is 4.79 Å². The van der Waals surface area contributed by atoms with E-state index < -0.39 is 0 Å². The first kappa shape index (κ1) is 21.9. The molecule has 1 unspecified atom stereocenters. The molecule has 1 saturated heterocycles. The third kappa shape index (κ3) is 6.11. The highest BCUT2D eigenvalue weighted by molar-refractivity contribution is 5.91. The Hall–Kier alpha value is -2.77. The Morgan fingerprint density at radius 3 is 2.43 bits per heavy atom. The van der Waals surface area contributed by atoms with Crippen LogP contribution in [0.3, 0.4) is 0 Å². The number of likely N-dealkylation sites (N-methyl/N-ethyl adjacent to an activating group) is 1. The topological polar surface area (TPSA) is 64.5 Å². The molecule has 1 aliphatic rings. The molecule has 2 aromatic carbocycles. The third-order valence-corrected chi connectivity index (χ3v) is 5.28. The monoisotopic (exact) mass is 414 g/mol. The maximum atomic E-state index is 12.4. The van der Waals surface area contributed by atoms with E-state index in [4.69, 9.17) is 14.2 Å². The van der Waals surface area contributed by atoms with Crippen molar-refractivity contribution in [2.75, 3.05) is 70.9 Å². The van der Waals surface area contributed by atoms with Gasteiger partial charge in [0.25, 0.3) is 5.91 Å². The van der Waals surface area contributed by atoms with Crippen molar-refractivity contribution >= 4 is 17.3 Å². The molecule has 1 amide bonds. The molecule has 1 heterocycles. The summed E-state index contributed by atoms with van der Waals surface area (Å²) < 4.78 is 16.0. The Morgan fingerprint density at radius 1 is 1.07 bits per heavy atom. The van der Waals surface area contributed by atoms with Crippen molar-refractivity contribution in [1.82, 2.24) is 0 Å². The molecule has 162 valence electrons. The van der Waals surface area contributed by atoms with Gasteiger partial charge in [0.05, 0.1) is 41.0 Å². The molecule has 0 aromatic heterocycles. The number of morpholine rings is 1. The predicted octanol–water partition coefficient (Wildman–Crippen LogP) is 1.24. The molecule has 0 bridgehead atoms. The minimum absolute atomic E-state index is 0.0129. The van der Waals surface area contributed by atoms with Gasteiger partial charge in [0.2, 0.25) is 0 Å². The second-order valence-electron chi connectivity index (χ2n) is 7.52. The van der Waals surface area contributed by atoms with E-state index >= 15 is 0 Å². The summed E-state index contributed by atoms with van der Waals surface area (Å²) in [6.07, 6.45) is 0.855. The van der Waals surface area contributed by atoms with Crippen molar-refractivity contribution in [3.63, 3.8) is 0 Å². The van der Waals surface area contributed by atoms with Crippen LogP contribution in [0, 0.1) is 0 Å². The second-order valence-corrected chi connectivity index (χ2v) is 7.52. The average Bonchev–Trinajstić information content (AvgIpc) is 2.78. The number of rotatable bonds is 9. The second kappa shape index (κ2) is 10.8. The number of anilines is 2. The first-order valence-electron chi connectivity index (χ1n) is 10.3. The molecule has 2 N–H and O–H groups in total. The van der Waals surface area contributed by atoms with Crippen molar-refractivity contribution in [1.29, 1.82) is 0 Å². The Balaban J connectivity index is 1.45. The van der Waals surface area contributed by atoms with Gasteiger partial charge < -0.3 is 29.3 Å². The van der Waals surface area contributed by atoms with Gasteiger partial charge in [0.1, 0.15) is 0 Å². The molecular formula is C23H32N3O4+. The smallest absolute Gasteiger partial charge is 0.279 e. The number of amides is 1. The van der Waals surface area contributed by atoms with Gasteiger partial charge in [-0.25, -0.2) is 0 Å². The van der Waals surface area contributed by atoms with E-state index in [0.717, 1.165) is 72.6 Å². The van der Waals surface area contributed by atoms with E-state index in [-0.39, 0.29) is 5.91 Å². The summed E-state index contributed by atoms with van der Waals surface area (Å²) in [5.74, 6) is 1.46. The number of hydrogen-bond acceptors (Lipinski definition) is 5. The number of benzene rings is 2. The van der Waals surface area contributed by atoms with E-state index in [1.807, 2.05) is 37.4 Å². The Kier molecular flexibility index (Phi) is 7.93. The Labute approximate surface area is 178 Å². The van der Waals surface area contributed by atoms with Crippen molar-refractivity contribution < 1.29 is 23.9 Å². The molecule has 7 nitrogen and oxygen atoms in total. The lowest BCUT2D eigenvalue weighted by molar-refractivity contribution is -0.870. The summed E-state index contributed by atoms with van der Waals surface area (Å²) in [7, 11) is 5.29. The molecule has 7 heteroatoms. The SMILES string of the molecule is COc1ccc(CC[NH+](C)CC(=O)Nc2ccc(N3CCOCC3)cc2)cc1OC. The lowest BCUT2D eigenvalue weighted by atomic mass is 10.1. The van der Waals surface area contributed by atoms with Crippen LogP contribution in [-0.4, -0.2) is 66.6 Å². The molecule has 2 aromatic rings. The molecular weight excluding hydrogens is 382 g/mol. The molecule has 3 rings (SSSR count). The van der Waals surface area contributed by atoms with E-state index in [2.05, 4.69) is 22.3 Å². The number of hydrogen-bond donors (Lipinski definition) is 2. The van der Waals surface area contributed by atoms with Crippen molar-refractivity contribution in [2.45, 2.75) is 6.42 Å². The molecule has 1 aliphatic heterocycles. The number of quaternary nitrogens is 1. The summed E-state index contributed by atoms with van der Waals surface area (Å²) in [5.41, 5.74) is 3.14. The van der Waals surface area contributed by atoms with Gasteiger partial charge in [-0.2, -0.15) is 0 Å². The number of methoxy groups -OCH3 is 2. The molecule has 1 atom stereocenters. The van der Waals surface area contributed by atoms with Gasteiger partial charge in [-0.15, -0.1) is 0 Å². The van der Waals surface area contributed by atoms with Crippen LogP contribution in [0.5, 0.6) is 11.5 Å². The number of nitrogens with one attached hydrogen (secondary N) is 2. The normalized spacial score (nSPS) is 14.8. The van der Waals surface area contributed by atoms with Crippen LogP contribution < -0.4 is 24.6 Å². The number of carbonyl (C=O) groups excluding carboxylic acids is 1. The highest BCUT2D eigenvalue weighted by Crippen LogP contribution is 2.27. The average molecular weight is 415 g/mol. The van der Waals surface area contributed by atoms with E-state index in [9.17, 15) is 4.79 Å². The van der Waals surface area contributed by atoms with Crippen LogP contribution in [0.15, 0.2) is 42.5 Å². The zero-order chi connectivity index (χ0) is 21.3. The third-order valence-electron chi connectivity index (χ3n) is 5.28. The predicted molar refractivity (Wildman–Crippen MR) is 118 cm³/mol. The minimum atomic E-state index is 0.0129. The number of carbonyl (C=O) groups is 1. The molecule has 0 saturated carbocycles. The van der Waals surface area contributed by atoms with Crippen molar-refractivity contribution in [2.24, 2.45) is 0 Å². The molecule has 0 spiro atoms. The number of nitrogens with zero attached hydrogens (tertiary/aromatic N) is 1. The van der Waals surface area contributed by atoms with Crippen LogP contribution >= 0.6 is 0 Å². The van der Waals surface area contributed by atoms with Gasteiger partial charge in [-0.1, -0.05) is 6.07 Å². The van der Waals surface area contributed by atoms with Gasteiger partial charge in [0.15, 0.2) is 18.0 Å². The highest BCUT2D eigenvalue weighted by Gasteiger charge is 2.13. The zero-order valence-electron chi connectivity index (χ0n) is 18.1. The van der Waals surface area contributed by atoms with E-state index in [1.165, 1.54) is 0 Å². The fraction of sp³-hybridized carbons (Fsp3) is 0.435. The van der Waals surface area contributed by atoms with Crippen LogP contribution in [-0.2, 0) is 16.0 Å². The van der Waals surface area contributed by atoms with Gasteiger partial charge in [-0.05, 0) is 42.0 Å². The minimum Gasteiger partial charge on any atom is -0.493 e. The van der Waals surface area contributed by atoms with Crippen LogP contribution in [0.2, 0.25) is 0 Å². The molecule has 30 heavy (non-hydrogen) atoms. The lowest BCUT2D eigenvalue weighted by Gasteiger charge is -2.28. The van der Waals surface area contributed by atoms with E-state index in [1.54, 1.807) is 14.2 Å². The first-order valence-corrected chi connectivity index (χ1v) is 10.3. The Morgan fingerprint density at radius 2 is 1.77 bits per heavy atom. The maximum absolute atomic E-state index is 12.4. The summed E-state index contributed by atoms with van der Waals surface area (Å²) in [6.45, 7) is 4.59. The largest absolute Gasteiger partial charge is 0.493 e. The fourth-order valence-electron chi connectivity index (χ4n) is 3.54. The van der Waals surface area contributed by atoms with E-state index in [0.29, 0.717) is 6.54 Å². The zero-order valence-corrected chi connectivity index (χ0v) is 18.1. The molecule has 0 radical (unpaired) electrons. The summed E-state index contributed by atoms with van der Waals surface area (Å²) in [5, 5.41) is 2.99. The molecule has 0 aliphatic carbocycles. The van der Waals surface area contributed by atoms with Crippen molar-refractivity contribution in [3.8, 4) is 11.5 Å². The standard InChI is InChI=1S/C23H31N3O4/c1-25(11-10-18-4-9-21(28-2)22(16-18)29-3)17-23(27)24-19-5-7-20(8-6-19)26-12-14-30-15-13-26/h4-9,16H,10-15,17H2,1-3H3,(H,24,27)/p+1. The van der Waals surface area contributed by atoms with Crippen LogP contribution in [0.4, 0.5) is 11.4 Å². The number of ether oxygens (including phenoxy) is 3. The lowest BCUT2D eigenvalue weighted by Crippen LogP contribution is -3.10. The first-order chi connectivity index (χ1) is 14.6. The van der Waals surface area contributed by atoms with Gasteiger partial charge >= 0.3 is 0 Å². The summed E-state index contributed by atoms with van der Waals surface area (Å²) in [6, 6.07) is 14.0. The van der Waals surface area contributed by atoms with Crippen LogP contribution in [0.1, 0.15) is 5.56 Å². The van der Waals surface area contributed by atoms with Crippen LogP contribution in [0.25, 0.3) is 0 Å². The summed E-state index contributed by atoms with van der Waals surface area (Å²) in [4.78, 5) is 15.8. The maximum Gasteiger partial charge on any atom is 0.279 e. The fourth-order valence-corrected chi connectivity index (χ4v) is 3.54. The summed E-state index contributed by atoms with van der Waals surface area (Å²) >= 11 is 0. The highest BCUT2D eigenvalue weighted by atomic mass is 16.5. The van der Waals surface area contributed by atoms with Crippen molar-refractivity contribution in [3.05, 3.63) is 48.0 Å². The molecule has 1 fully saturated rings.